The molecule has 0 radical (unpaired) electrons. The fourth-order valence-electron chi connectivity index (χ4n) is 2.62. The molecule has 0 fully saturated rings. The lowest BCUT2D eigenvalue weighted by atomic mass is 10.1. The SMILES string of the molecule is Cc1ccc(NCc2cc(Cl)ccc2OCc2ccc(Br)cc2)cc1C. The van der Waals surface area contributed by atoms with Crippen molar-refractivity contribution in [2.45, 2.75) is 27.0 Å². The Balaban J connectivity index is 1.70. The van der Waals surface area contributed by atoms with E-state index in [0.717, 1.165) is 27.0 Å². The summed E-state index contributed by atoms with van der Waals surface area (Å²) in [5.41, 5.74) is 5.81. The van der Waals surface area contributed by atoms with E-state index in [4.69, 9.17) is 16.3 Å². The highest BCUT2D eigenvalue weighted by atomic mass is 79.9. The molecule has 0 aromatic heterocycles. The molecule has 0 aliphatic rings. The molecule has 3 rings (SSSR count). The van der Waals surface area contributed by atoms with E-state index in [-0.39, 0.29) is 0 Å². The molecule has 4 heteroatoms. The van der Waals surface area contributed by atoms with Crippen LogP contribution in [-0.4, -0.2) is 0 Å². The molecule has 0 saturated carbocycles. The molecule has 2 nitrogen and oxygen atoms in total. The van der Waals surface area contributed by atoms with Crippen molar-refractivity contribution < 1.29 is 4.74 Å². The third kappa shape index (κ3) is 5.03. The van der Waals surface area contributed by atoms with Gasteiger partial charge in [-0.25, -0.2) is 0 Å². The molecule has 0 atom stereocenters. The van der Waals surface area contributed by atoms with Crippen LogP contribution in [0, 0.1) is 13.8 Å². The maximum absolute atomic E-state index is 6.19. The van der Waals surface area contributed by atoms with Crippen LogP contribution in [0.1, 0.15) is 22.3 Å². The van der Waals surface area contributed by atoms with Crippen LogP contribution in [0.25, 0.3) is 0 Å². The van der Waals surface area contributed by atoms with Gasteiger partial charge in [0.15, 0.2) is 0 Å². The molecule has 3 aromatic rings. The van der Waals surface area contributed by atoms with Gasteiger partial charge in [0.05, 0.1) is 0 Å². The third-order valence-corrected chi connectivity index (χ3v) is 5.08. The highest BCUT2D eigenvalue weighted by molar-refractivity contribution is 9.10. The first kappa shape index (κ1) is 18.8. The van der Waals surface area contributed by atoms with Crippen LogP contribution >= 0.6 is 27.5 Å². The molecular formula is C22H21BrClNO. The quantitative estimate of drug-likeness (QED) is 0.458. The van der Waals surface area contributed by atoms with Crippen LogP contribution in [0.5, 0.6) is 5.75 Å². The molecule has 1 N–H and O–H groups in total. The molecule has 0 unspecified atom stereocenters. The smallest absolute Gasteiger partial charge is 0.124 e. The topological polar surface area (TPSA) is 21.3 Å². The summed E-state index contributed by atoms with van der Waals surface area (Å²) in [7, 11) is 0. The lowest BCUT2D eigenvalue weighted by Gasteiger charge is -2.14. The van der Waals surface area contributed by atoms with Crippen molar-refractivity contribution in [1.29, 1.82) is 0 Å². The Morgan fingerprint density at radius 1 is 0.923 bits per heavy atom. The third-order valence-electron chi connectivity index (χ3n) is 4.32. The number of anilines is 1. The Kier molecular flexibility index (Phi) is 6.23. The van der Waals surface area contributed by atoms with Gasteiger partial charge in [-0.3, -0.25) is 0 Å². The fourth-order valence-corrected chi connectivity index (χ4v) is 3.08. The zero-order chi connectivity index (χ0) is 18.5. The Hall–Kier alpha value is -1.97. The fraction of sp³-hybridized carbons (Fsp3) is 0.182. The summed E-state index contributed by atoms with van der Waals surface area (Å²) >= 11 is 9.64. The summed E-state index contributed by atoms with van der Waals surface area (Å²) in [5, 5.41) is 4.16. The van der Waals surface area contributed by atoms with Crippen LogP contribution < -0.4 is 10.1 Å². The molecule has 3 aromatic carbocycles. The second-order valence-electron chi connectivity index (χ2n) is 6.32. The number of rotatable bonds is 6. The van der Waals surface area contributed by atoms with Crippen molar-refractivity contribution in [2.75, 3.05) is 5.32 Å². The highest BCUT2D eigenvalue weighted by Crippen LogP contribution is 2.25. The highest BCUT2D eigenvalue weighted by Gasteiger charge is 2.06. The van der Waals surface area contributed by atoms with E-state index in [1.54, 1.807) is 0 Å². The van der Waals surface area contributed by atoms with Gasteiger partial charge in [-0.05, 0) is 73.0 Å². The van der Waals surface area contributed by atoms with Crippen molar-refractivity contribution in [2.24, 2.45) is 0 Å². The van der Waals surface area contributed by atoms with Crippen molar-refractivity contribution >= 4 is 33.2 Å². The van der Waals surface area contributed by atoms with Crippen LogP contribution in [0.3, 0.4) is 0 Å². The number of halogens is 2. The Labute approximate surface area is 168 Å². The average Bonchev–Trinajstić information content (AvgIpc) is 2.63. The van der Waals surface area contributed by atoms with Crippen molar-refractivity contribution in [3.05, 3.63) is 92.4 Å². The van der Waals surface area contributed by atoms with Gasteiger partial charge in [-0.2, -0.15) is 0 Å². The van der Waals surface area contributed by atoms with E-state index < -0.39 is 0 Å². The van der Waals surface area contributed by atoms with Crippen molar-refractivity contribution in [3.63, 3.8) is 0 Å². The zero-order valence-electron chi connectivity index (χ0n) is 14.9. The molecule has 0 aliphatic carbocycles. The summed E-state index contributed by atoms with van der Waals surface area (Å²) < 4.78 is 7.10. The van der Waals surface area contributed by atoms with E-state index in [9.17, 15) is 0 Å². The predicted octanol–water partition coefficient (Wildman–Crippen LogP) is 6.91. The van der Waals surface area contributed by atoms with Crippen LogP contribution in [0.15, 0.2) is 65.1 Å². The lowest BCUT2D eigenvalue weighted by molar-refractivity contribution is 0.303. The normalized spacial score (nSPS) is 10.6. The van der Waals surface area contributed by atoms with Gasteiger partial charge in [0, 0.05) is 27.3 Å². The number of hydrogen-bond donors (Lipinski definition) is 1. The Bertz CT molecular complexity index is 893. The molecular weight excluding hydrogens is 410 g/mol. The molecule has 0 spiro atoms. The minimum absolute atomic E-state index is 0.519. The van der Waals surface area contributed by atoms with Gasteiger partial charge in [0.25, 0.3) is 0 Å². The molecule has 26 heavy (non-hydrogen) atoms. The summed E-state index contributed by atoms with van der Waals surface area (Å²) in [5.74, 6) is 0.841. The van der Waals surface area contributed by atoms with Crippen LogP contribution in [-0.2, 0) is 13.2 Å². The van der Waals surface area contributed by atoms with Crippen LogP contribution in [0.4, 0.5) is 5.69 Å². The maximum atomic E-state index is 6.19. The number of aryl methyl sites for hydroxylation is 2. The number of hydrogen-bond acceptors (Lipinski definition) is 2. The standard InChI is InChI=1S/C22H21BrClNO/c1-15-3-9-21(11-16(15)2)25-13-18-12-20(24)8-10-22(18)26-14-17-4-6-19(23)7-5-17/h3-12,25H,13-14H2,1-2H3. The largest absolute Gasteiger partial charge is 0.489 e. The molecule has 0 heterocycles. The number of benzene rings is 3. The van der Waals surface area contributed by atoms with Crippen molar-refractivity contribution in [3.8, 4) is 5.75 Å². The molecule has 0 amide bonds. The second kappa shape index (κ2) is 8.61. The second-order valence-corrected chi connectivity index (χ2v) is 7.67. The summed E-state index contributed by atoms with van der Waals surface area (Å²) in [4.78, 5) is 0. The predicted molar refractivity (Wildman–Crippen MR) is 113 cm³/mol. The first-order valence-electron chi connectivity index (χ1n) is 8.48. The first-order valence-corrected chi connectivity index (χ1v) is 9.65. The molecule has 0 saturated heterocycles. The van der Waals surface area contributed by atoms with Gasteiger partial charge in [0.2, 0.25) is 0 Å². The van der Waals surface area contributed by atoms with Crippen LogP contribution in [0.2, 0.25) is 5.02 Å². The zero-order valence-corrected chi connectivity index (χ0v) is 17.2. The summed E-state index contributed by atoms with van der Waals surface area (Å²) in [6.45, 7) is 5.40. The minimum Gasteiger partial charge on any atom is -0.489 e. The monoisotopic (exact) mass is 429 g/mol. The average molecular weight is 431 g/mol. The number of ether oxygens (including phenoxy) is 1. The van der Waals surface area contributed by atoms with Gasteiger partial charge < -0.3 is 10.1 Å². The maximum Gasteiger partial charge on any atom is 0.124 e. The first-order chi connectivity index (χ1) is 12.5. The molecule has 0 aliphatic heterocycles. The van der Waals surface area contributed by atoms with Gasteiger partial charge >= 0.3 is 0 Å². The van der Waals surface area contributed by atoms with Gasteiger partial charge in [0.1, 0.15) is 12.4 Å². The molecule has 0 bridgehead atoms. The van der Waals surface area contributed by atoms with E-state index in [1.165, 1.54) is 11.1 Å². The van der Waals surface area contributed by atoms with E-state index >= 15 is 0 Å². The number of nitrogens with one attached hydrogen (secondary N) is 1. The van der Waals surface area contributed by atoms with E-state index in [2.05, 4.69) is 53.3 Å². The van der Waals surface area contributed by atoms with Gasteiger partial charge in [-0.1, -0.05) is 45.7 Å². The molecule has 134 valence electrons. The Morgan fingerprint density at radius 3 is 2.42 bits per heavy atom. The Morgan fingerprint density at radius 2 is 1.69 bits per heavy atom. The van der Waals surface area contributed by atoms with E-state index in [1.807, 2.05) is 42.5 Å². The van der Waals surface area contributed by atoms with E-state index in [0.29, 0.717) is 18.2 Å². The summed E-state index contributed by atoms with van der Waals surface area (Å²) in [6.07, 6.45) is 0. The minimum atomic E-state index is 0.519. The van der Waals surface area contributed by atoms with Crippen molar-refractivity contribution in [1.82, 2.24) is 0 Å². The van der Waals surface area contributed by atoms with Gasteiger partial charge in [-0.15, -0.1) is 0 Å². The summed E-state index contributed by atoms with van der Waals surface area (Å²) in [6, 6.07) is 20.2. The lowest BCUT2D eigenvalue weighted by Crippen LogP contribution is -2.04.